The molecule has 0 amide bonds. The number of carbonyl (C=O) groups is 1. The molecule has 2 aromatic carbocycles. The van der Waals surface area contributed by atoms with Crippen molar-refractivity contribution in [1.82, 2.24) is 0 Å². The summed E-state index contributed by atoms with van der Waals surface area (Å²) in [5.74, 6) is -0.716. The van der Waals surface area contributed by atoms with Gasteiger partial charge in [-0.2, -0.15) is 0 Å². The van der Waals surface area contributed by atoms with Crippen molar-refractivity contribution in [2.45, 2.75) is 13.8 Å². The lowest BCUT2D eigenvalue weighted by molar-refractivity contribution is -0.138. The zero-order chi connectivity index (χ0) is 19.4. The van der Waals surface area contributed by atoms with Crippen molar-refractivity contribution in [2.75, 3.05) is 6.61 Å². The molecule has 0 radical (unpaired) electrons. The molecule has 0 saturated heterocycles. The molecule has 0 fully saturated rings. The van der Waals surface area contributed by atoms with E-state index in [0.29, 0.717) is 20.7 Å². The lowest BCUT2D eigenvalue weighted by Crippen LogP contribution is -2.12. The summed E-state index contributed by atoms with van der Waals surface area (Å²) in [6, 6.07) is 14.8. The fourth-order valence-electron chi connectivity index (χ4n) is 2.44. The molecular weight excluding hydrogens is 382 g/mol. The smallest absolute Gasteiger partial charge is 0.344 e. The van der Waals surface area contributed by atoms with Crippen LogP contribution in [0.15, 0.2) is 69.8 Å². The molecule has 4 nitrogen and oxygen atoms in total. The van der Waals surface area contributed by atoms with E-state index >= 15 is 0 Å². The van der Waals surface area contributed by atoms with Gasteiger partial charge >= 0.3 is 5.97 Å². The quantitative estimate of drug-likeness (QED) is 0.656. The van der Waals surface area contributed by atoms with Gasteiger partial charge in [-0.3, -0.25) is 0 Å². The molecule has 27 heavy (non-hydrogen) atoms. The van der Waals surface area contributed by atoms with Crippen molar-refractivity contribution in [3.63, 3.8) is 0 Å². The van der Waals surface area contributed by atoms with E-state index in [1.54, 1.807) is 25.1 Å². The van der Waals surface area contributed by atoms with Crippen molar-refractivity contribution in [3.8, 4) is 0 Å². The molecule has 1 heterocycles. The molecule has 1 N–H and O–H groups in total. The highest BCUT2D eigenvalue weighted by molar-refractivity contribution is 8.18. The summed E-state index contributed by atoms with van der Waals surface area (Å²) < 4.78 is 5.10. The summed E-state index contributed by atoms with van der Waals surface area (Å²) in [4.78, 5) is 17.4. The number of aliphatic hydroxyl groups is 1. The van der Waals surface area contributed by atoms with Crippen LogP contribution in [0.1, 0.15) is 18.1 Å². The number of aliphatic imine (C=N–C) groups is 1. The summed E-state index contributed by atoms with van der Waals surface area (Å²) >= 11 is 7.15. The number of carbonyl (C=O) groups excluding carboxylic acids is 1. The predicted octanol–water partition coefficient (Wildman–Crippen LogP) is 5.84. The van der Waals surface area contributed by atoms with E-state index in [0.717, 1.165) is 11.1 Å². The minimum absolute atomic E-state index is 0.0858. The number of rotatable bonds is 4. The van der Waals surface area contributed by atoms with Gasteiger partial charge in [0.15, 0.2) is 0 Å². The SMILES string of the molecule is CCOC(=O)C1=C(O)/C(=C/c2ccc(Cl)cc2)SC1=Nc1ccc(C)cc1. The van der Waals surface area contributed by atoms with E-state index in [4.69, 9.17) is 16.3 Å². The van der Waals surface area contributed by atoms with E-state index in [2.05, 4.69) is 4.99 Å². The number of hydrogen-bond acceptors (Lipinski definition) is 5. The Morgan fingerprint density at radius 3 is 2.48 bits per heavy atom. The molecule has 0 spiro atoms. The van der Waals surface area contributed by atoms with Crippen LogP contribution in [0.5, 0.6) is 0 Å². The molecule has 0 aliphatic carbocycles. The van der Waals surface area contributed by atoms with Gasteiger partial charge in [-0.1, -0.05) is 53.2 Å². The van der Waals surface area contributed by atoms with Crippen molar-refractivity contribution in [1.29, 1.82) is 0 Å². The summed E-state index contributed by atoms with van der Waals surface area (Å²) in [5.41, 5.74) is 2.76. The molecule has 0 aromatic heterocycles. The van der Waals surface area contributed by atoms with Crippen LogP contribution >= 0.6 is 23.4 Å². The molecule has 2 aromatic rings. The molecule has 0 bridgehead atoms. The molecule has 0 saturated carbocycles. The van der Waals surface area contributed by atoms with Crippen LogP contribution in [0, 0.1) is 6.92 Å². The first kappa shape index (κ1) is 19.3. The monoisotopic (exact) mass is 399 g/mol. The van der Waals surface area contributed by atoms with Crippen LogP contribution in [0.2, 0.25) is 5.02 Å². The Kier molecular flexibility index (Phi) is 6.04. The minimum atomic E-state index is -0.590. The second-order valence-corrected chi connectivity index (χ2v) is 7.33. The molecule has 3 rings (SSSR count). The first-order valence-corrected chi connectivity index (χ1v) is 9.59. The highest BCUT2D eigenvalue weighted by atomic mass is 35.5. The lowest BCUT2D eigenvalue weighted by Gasteiger charge is -2.04. The predicted molar refractivity (Wildman–Crippen MR) is 112 cm³/mol. The number of halogens is 1. The third-order valence-electron chi connectivity index (χ3n) is 3.80. The molecule has 6 heteroatoms. The molecule has 0 atom stereocenters. The standard InChI is InChI=1S/C21H18ClNO3S/c1-3-26-21(25)18-19(24)17(12-14-6-8-15(22)9-7-14)27-20(18)23-16-10-4-13(2)5-11-16/h4-12,24H,3H2,1-2H3/b17-12-,23-20?. The van der Waals surface area contributed by atoms with E-state index < -0.39 is 5.97 Å². The number of hydrogen-bond donors (Lipinski definition) is 1. The maximum absolute atomic E-state index is 12.4. The van der Waals surface area contributed by atoms with Crippen molar-refractivity contribution >= 4 is 46.1 Å². The first-order chi connectivity index (χ1) is 13.0. The van der Waals surface area contributed by atoms with Crippen LogP contribution in [0.3, 0.4) is 0 Å². The number of esters is 1. The zero-order valence-electron chi connectivity index (χ0n) is 14.9. The second-order valence-electron chi connectivity index (χ2n) is 5.86. The van der Waals surface area contributed by atoms with Crippen LogP contribution in [0.25, 0.3) is 6.08 Å². The van der Waals surface area contributed by atoms with Crippen molar-refractivity contribution in [3.05, 3.63) is 80.9 Å². The van der Waals surface area contributed by atoms with Gasteiger partial charge < -0.3 is 9.84 Å². The number of thioether (sulfide) groups is 1. The Labute approximate surface area is 167 Å². The van der Waals surface area contributed by atoms with Gasteiger partial charge in [0.1, 0.15) is 16.4 Å². The van der Waals surface area contributed by atoms with E-state index in [-0.39, 0.29) is 17.9 Å². The topological polar surface area (TPSA) is 58.9 Å². The van der Waals surface area contributed by atoms with Crippen molar-refractivity contribution < 1.29 is 14.6 Å². The van der Waals surface area contributed by atoms with Gasteiger partial charge in [0.2, 0.25) is 0 Å². The van der Waals surface area contributed by atoms with Gasteiger partial charge in [-0.05, 0) is 49.8 Å². The van der Waals surface area contributed by atoms with Gasteiger partial charge in [0.25, 0.3) is 0 Å². The summed E-state index contributed by atoms with van der Waals surface area (Å²) in [6.45, 7) is 3.93. The number of aliphatic hydroxyl groups excluding tert-OH is 1. The number of aryl methyl sites for hydroxylation is 1. The summed E-state index contributed by atoms with van der Waals surface area (Å²) in [5, 5.41) is 11.7. The van der Waals surface area contributed by atoms with Crippen molar-refractivity contribution in [2.24, 2.45) is 4.99 Å². The summed E-state index contributed by atoms with van der Waals surface area (Å²) in [7, 11) is 0. The highest BCUT2D eigenvalue weighted by Gasteiger charge is 2.33. The van der Waals surface area contributed by atoms with E-state index in [1.165, 1.54) is 11.8 Å². The van der Waals surface area contributed by atoms with Crippen LogP contribution < -0.4 is 0 Å². The fourth-order valence-corrected chi connectivity index (χ4v) is 3.60. The largest absolute Gasteiger partial charge is 0.506 e. The van der Waals surface area contributed by atoms with Gasteiger partial charge in [-0.15, -0.1) is 0 Å². The maximum Gasteiger partial charge on any atom is 0.344 e. The zero-order valence-corrected chi connectivity index (χ0v) is 16.5. The van der Waals surface area contributed by atoms with Gasteiger partial charge in [-0.25, -0.2) is 9.79 Å². The van der Waals surface area contributed by atoms with Crippen LogP contribution in [0.4, 0.5) is 5.69 Å². The summed E-state index contributed by atoms with van der Waals surface area (Å²) in [6.07, 6.45) is 1.78. The Morgan fingerprint density at radius 2 is 1.85 bits per heavy atom. The fraction of sp³-hybridized carbons (Fsp3) is 0.143. The number of nitrogens with zero attached hydrogens (tertiary/aromatic N) is 1. The highest BCUT2D eigenvalue weighted by Crippen LogP contribution is 2.40. The molecule has 1 aliphatic rings. The Morgan fingerprint density at radius 1 is 1.19 bits per heavy atom. The molecule has 0 unspecified atom stereocenters. The molecule has 1 aliphatic heterocycles. The van der Waals surface area contributed by atoms with E-state index in [1.807, 2.05) is 43.3 Å². The van der Waals surface area contributed by atoms with Gasteiger partial charge in [0, 0.05) is 5.02 Å². The number of benzene rings is 2. The Bertz CT molecular complexity index is 944. The third-order valence-corrected chi connectivity index (χ3v) is 5.07. The molecular formula is C21H18ClNO3S. The van der Waals surface area contributed by atoms with Crippen LogP contribution in [-0.4, -0.2) is 22.7 Å². The van der Waals surface area contributed by atoms with E-state index in [9.17, 15) is 9.90 Å². The lowest BCUT2D eigenvalue weighted by atomic mass is 10.1. The van der Waals surface area contributed by atoms with Gasteiger partial charge in [0.05, 0.1) is 17.2 Å². The first-order valence-electron chi connectivity index (χ1n) is 8.39. The Hall–Kier alpha value is -2.50. The normalized spacial score (nSPS) is 17.0. The Balaban J connectivity index is 2.02. The average molecular weight is 400 g/mol. The van der Waals surface area contributed by atoms with Crippen LogP contribution in [-0.2, 0) is 9.53 Å². The third kappa shape index (κ3) is 4.62. The minimum Gasteiger partial charge on any atom is -0.506 e. The second kappa shape index (κ2) is 8.46. The maximum atomic E-state index is 12.4. The average Bonchev–Trinajstić information content (AvgIpc) is 2.94. The molecule has 138 valence electrons. The number of ether oxygens (including phenoxy) is 1.